The first-order valence-corrected chi connectivity index (χ1v) is 6.50. The Morgan fingerprint density at radius 3 is 2.75 bits per heavy atom. The summed E-state index contributed by atoms with van der Waals surface area (Å²) >= 11 is 13.2. The number of rotatable bonds is 5. The fraction of sp³-hybridized carbons (Fsp3) is 0.400. The highest BCUT2D eigenvalue weighted by Crippen LogP contribution is 2.33. The van der Waals surface area contributed by atoms with Gasteiger partial charge in [0, 0.05) is 16.2 Å². The number of nitro groups is 1. The van der Waals surface area contributed by atoms with E-state index in [9.17, 15) is 10.1 Å². The molecule has 88 valence electrons. The third kappa shape index (κ3) is 3.54. The van der Waals surface area contributed by atoms with E-state index in [0.717, 1.165) is 4.90 Å². The van der Waals surface area contributed by atoms with E-state index in [4.69, 9.17) is 23.2 Å². The number of benzene rings is 1. The number of halogens is 2. The van der Waals surface area contributed by atoms with E-state index in [1.54, 1.807) is 19.1 Å². The van der Waals surface area contributed by atoms with Gasteiger partial charge in [-0.1, -0.05) is 36.2 Å². The molecule has 0 N–H and O–H groups in total. The van der Waals surface area contributed by atoms with Gasteiger partial charge in [0.2, 0.25) is 6.04 Å². The van der Waals surface area contributed by atoms with Gasteiger partial charge in [0.05, 0.1) is 15.8 Å². The SMILES string of the molecule is CCC(CSc1cccc(Cl)c1Cl)[N+](=O)[O-]. The van der Waals surface area contributed by atoms with Gasteiger partial charge >= 0.3 is 0 Å². The Kier molecular flexibility index (Phi) is 5.38. The van der Waals surface area contributed by atoms with E-state index in [0.29, 0.717) is 22.2 Å². The summed E-state index contributed by atoms with van der Waals surface area (Å²) in [6, 6.07) is 4.74. The molecule has 0 radical (unpaired) electrons. The average Bonchev–Trinajstić information content (AvgIpc) is 2.24. The summed E-state index contributed by atoms with van der Waals surface area (Å²) in [5, 5.41) is 11.6. The van der Waals surface area contributed by atoms with Crippen molar-refractivity contribution >= 4 is 35.0 Å². The monoisotopic (exact) mass is 279 g/mol. The molecule has 3 nitrogen and oxygen atoms in total. The van der Waals surface area contributed by atoms with Crippen LogP contribution < -0.4 is 0 Å². The smallest absolute Gasteiger partial charge is 0.222 e. The molecule has 0 aliphatic heterocycles. The molecule has 1 rings (SSSR count). The largest absolute Gasteiger partial charge is 0.264 e. The van der Waals surface area contributed by atoms with Crippen molar-refractivity contribution in [1.29, 1.82) is 0 Å². The predicted octanol–water partition coefficient (Wildman–Crippen LogP) is 4.14. The van der Waals surface area contributed by atoms with Crippen LogP contribution in [-0.2, 0) is 0 Å². The zero-order valence-corrected chi connectivity index (χ0v) is 11.0. The van der Waals surface area contributed by atoms with Crippen molar-refractivity contribution in [3.8, 4) is 0 Å². The summed E-state index contributed by atoms with van der Waals surface area (Å²) in [7, 11) is 0. The van der Waals surface area contributed by atoms with Crippen LogP contribution in [0.5, 0.6) is 0 Å². The minimum atomic E-state index is -0.542. The Morgan fingerprint density at radius 1 is 1.50 bits per heavy atom. The van der Waals surface area contributed by atoms with Crippen molar-refractivity contribution in [1.82, 2.24) is 0 Å². The van der Waals surface area contributed by atoms with Crippen LogP contribution in [-0.4, -0.2) is 16.7 Å². The molecule has 0 amide bonds. The maximum atomic E-state index is 10.6. The van der Waals surface area contributed by atoms with Crippen LogP contribution in [0.25, 0.3) is 0 Å². The summed E-state index contributed by atoms with van der Waals surface area (Å²) in [5.74, 6) is 0.406. The van der Waals surface area contributed by atoms with Crippen LogP contribution in [0.15, 0.2) is 23.1 Å². The van der Waals surface area contributed by atoms with Crippen molar-refractivity contribution in [3.05, 3.63) is 38.4 Å². The number of hydrogen-bond donors (Lipinski definition) is 0. The molecule has 0 spiro atoms. The zero-order valence-electron chi connectivity index (χ0n) is 8.65. The van der Waals surface area contributed by atoms with Crippen molar-refractivity contribution in [2.75, 3.05) is 5.75 Å². The van der Waals surface area contributed by atoms with E-state index in [-0.39, 0.29) is 4.92 Å². The Balaban J connectivity index is 2.67. The van der Waals surface area contributed by atoms with Crippen LogP contribution in [0.1, 0.15) is 13.3 Å². The standard InChI is InChI=1S/C10H11Cl2NO2S/c1-2-7(13(14)15)6-16-9-5-3-4-8(11)10(9)12/h3-5,7H,2,6H2,1H3. The first kappa shape index (κ1) is 13.6. The molecule has 0 aromatic heterocycles. The lowest BCUT2D eigenvalue weighted by Crippen LogP contribution is -2.20. The summed E-state index contributed by atoms with van der Waals surface area (Å²) in [5.41, 5.74) is 0. The predicted molar refractivity (Wildman–Crippen MR) is 68.3 cm³/mol. The van der Waals surface area contributed by atoms with Crippen LogP contribution in [0.3, 0.4) is 0 Å². The van der Waals surface area contributed by atoms with Crippen molar-refractivity contribution in [2.24, 2.45) is 0 Å². The Morgan fingerprint density at radius 2 is 2.19 bits per heavy atom. The average molecular weight is 280 g/mol. The Hall–Kier alpha value is -0.450. The summed E-state index contributed by atoms with van der Waals surface area (Å²) < 4.78 is 0. The molecule has 16 heavy (non-hydrogen) atoms. The maximum absolute atomic E-state index is 10.6. The molecule has 1 unspecified atom stereocenters. The first-order chi connectivity index (χ1) is 7.56. The second-order valence-electron chi connectivity index (χ2n) is 3.21. The third-order valence-corrected chi connectivity index (χ3v) is 4.25. The minimum absolute atomic E-state index is 0.258. The van der Waals surface area contributed by atoms with E-state index >= 15 is 0 Å². The van der Waals surface area contributed by atoms with Crippen LogP contribution in [0, 0.1) is 10.1 Å². The quantitative estimate of drug-likeness (QED) is 0.462. The Bertz CT molecular complexity index is 387. The van der Waals surface area contributed by atoms with Crippen LogP contribution >= 0.6 is 35.0 Å². The van der Waals surface area contributed by atoms with Gasteiger partial charge in [-0.15, -0.1) is 11.8 Å². The van der Waals surface area contributed by atoms with E-state index in [1.807, 2.05) is 6.07 Å². The number of thioether (sulfide) groups is 1. The molecule has 0 aliphatic rings. The van der Waals surface area contributed by atoms with Gasteiger partial charge in [-0.05, 0) is 12.1 Å². The molecule has 0 heterocycles. The normalized spacial score (nSPS) is 12.4. The van der Waals surface area contributed by atoms with Crippen molar-refractivity contribution in [2.45, 2.75) is 24.3 Å². The van der Waals surface area contributed by atoms with E-state index in [1.165, 1.54) is 11.8 Å². The molecular weight excluding hydrogens is 269 g/mol. The zero-order chi connectivity index (χ0) is 12.1. The van der Waals surface area contributed by atoms with Gasteiger partial charge in [0.25, 0.3) is 0 Å². The number of nitrogens with zero attached hydrogens (tertiary/aromatic N) is 1. The second-order valence-corrected chi connectivity index (χ2v) is 5.06. The second kappa shape index (κ2) is 6.33. The first-order valence-electron chi connectivity index (χ1n) is 4.76. The highest BCUT2D eigenvalue weighted by atomic mass is 35.5. The van der Waals surface area contributed by atoms with Gasteiger partial charge in [-0.2, -0.15) is 0 Å². The topological polar surface area (TPSA) is 43.1 Å². The summed E-state index contributed by atoms with van der Waals surface area (Å²) in [6.45, 7) is 1.80. The summed E-state index contributed by atoms with van der Waals surface area (Å²) in [4.78, 5) is 11.2. The highest BCUT2D eigenvalue weighted by molar-refractivity contribution is 7.99. The fourth-order valence-corrected chi connectivity index (χ4v) is 2.77. The molecule has 6 heteroatoms. The van der Waals surface area contributed by atoms with Crippen LogP contribution in [0.2, 0.25) is 10.0 Å². The molecular formula is C10H11Cl2NO2S. The van der Waals surface area contributed by atoms with Gasteiger partial charge in [-0.25, -0.2) is 0 Å². The van der Waals surface area contributed by atoms with Crippen LogP contribution in [0.4, 0.5) is 0 Å². The number of hydrogen-bond acceptors (Lipinski definition) is 3. The van der Waals surface area contributed by atoms with Gasteiger partial charge in [0.15, 0.2) is 0 Å². The Labute approximate surface area is 108 Å². The fourth-order valence-electron chi connectivity index (χ4n) is 1.11. The van der Waals surface area contributed by atoms with Crippen molar-refractivity contribution < 1.29 is 4.92 Å². The molecule has 1 aromatic rings. The molecule has 0 fully saturated rings. The van der Waals surface area contributed by atoms with Gasteiger partial charge < -0.3 is 0 Å². The lowest BCUT2D eigenvalue weighted by Gasteiger charge is -2.08. The third-order valence-electron chi connectivity index (χ3n) is 2.12. The van der Waals surface area contributed by atoms with E-state index < -0.39 is 6.04 Å². The minimum Gasteiger partial charge on any atom is -0.264 e. The molecule has 1 atom stereocenters. The van der Waals surface area contributed by atoms with Crippen molar-refractivity contribution in [3.63, 3.8) is 0 Å². The van der Waals surface area contributed by atoms with Gasteiger partial charge in [-0.3, -0.25) is 10.1 Å². The van der Waals surface area contributed by atoms with Gasteiger partial charge in [0.1, 0.15) is 0 Å². The van der Waals surface area contributed by atoms with E-state index in [2.05, 4.69) is 0 Å². The lowest BCUT2D eigenvalue weighted by atomic mass is 10.3. The molecule has 0 aliphatic carbocycles. The molecule has 0 saturated carbocycles. The highest BCUT2D eigenvalue weighted by Gasteiger charge is 2.18. The molecule has 0 bridgehead atoms. The summed E-state index contributed by atoms with van der Waals surface area (Å²) in [6.07, 6.45) is 0.512. The lowest BCUT2D eigenvalue weighted by molar-refractivity contribution is -0.516. The molecule has 0 saturated heterocycles. The maximum Gasteiger partial charge on any atom is 0.222 e. The molecule has 1 aromatic carbocycles.